The first-order valence-electron chi connectivity index (χ1n) is 6.30. The lowest BCUT2D eigenvalue weighted by Gasteiger charge is -2.09. The number of fused-ring (bicyclic) bond motifs is 1. The maximum absolute atomic E-state index is 12.1. The highest BCUT2D eigenvalue weighted by Gasteiger charge is 2.21. The van der Waals surface area contributed by atoms with E-state index in [9.17, 15) is 13.2 Å². The summed E-state index contributed by atoms with van der Waals surface area (Å²) in [5, 5.41) is -0.197. The number of benzene rings is 1. The van der Waals surface area contributed by atoms with Gasteiger partial charge in [0.1, 0.15) is 10.0 Å². The van der Waals surface area contributed by atoms with Gasteiger partial charge in [-0.15, -0.1) is 4.83 Å². The van der Waals surface area contributed by atoms with E-state index in [0.717, 1.165) is 0 Å². The fourth-order valence-electron chi connectivity index (χ4n) is 1.85. The van der Waals surface area contributed by atoms with Crippen LogP contribution in [0.25, 0.3) is 0 Å². The first-order chi connectivity index (χ1) is 11.0. The van der Waals surface area contributed by atoms with E-state index in [1.807, 2.05) is 4.83 Å². The molecule has 1 amide bonds. The molecule has 8 nitrogen and oxygen atoms in total. The van der Waals surface area contributed by atoms with Crippen LogP contribution in [0.1, 0.15) is 10.4 Å². The molecule has 1 aromatic heterocycles. The number of carbonyl (C=O) groups excluding carboxylic acids is 1. The molecule has 0 bridgehead atoms. The van der Waals surface area contributed by atoms with Crippen LogP contribution in [0.3, 0.4) is 0 Å². The van der Waals surface area contributed by atoms with Crippen molar-refractivity contribution in [1.29, 1.82) is 0 Å². The Morgan fingerprint density at radius 3 is 2.78 bits per heavy atom. The Balaban J connectivity index is 1.73. The van der Waals surface area contributed by atoms with Crippen LogP contribution in [-0.4, -0.2) is 26.1 Å². The van der Waals surface area contributed by atoms with Gasteiger partial charge in [-0.3, -0.25) is 10.2 Å². The smallest absolute Gasteiger partial charge is 0.266 e. The second kappa shape index (κ2) is 6.03. The molecule has 0 unspecified atom stereocenters. The summed E-state index contributed by atoms with van der Waals surface area (Å²) in [6, 6.07) is 7.17. The number of hydrogen-bond donors (Lipinski definition) is 2. The van der Waals surface area contributed by atoms with Gasteiger partial charge in [-0.25, -0.2) is 13.4 Å². The van der Waals surface area contributed by atoms with Crippen LogP contribution >= 0.6 is 11.6 Å². The standard InChI is InChI=1S/C13H10ClN3O5S/c14-12-11(2-1-5-15-12)23(19,20)17-16-13(18)8-3-4-9-10(6-8)22-7-21-9/h1-6,17H,7H2,(H,16,18). The van der Waals surface area contributed by atoms with Crippen molar-refractivity contribution in [3.05, 3.63) is 47.2 Å². The Kier molecular flexibility index (Phi) is 4.07. The average molecular weight is 356 g/mol. The Morgan fingerprint density at radius 2 is 2.00 bits per heavy atom. The molecule has 10 heteroatoms. The van der Waals surface area contributed by atoms with Crippen LogP contribution in [0.2, 0.25) is 5.15 Å². The molecular weight excluding hydrogens is 346 g/mol. The van der Waals surface area contributed by atoms with Gasteiger partial charge in [0.25, 0.3) is 15.9 Å². The summed E-state index contributed by atoms with van der Waals surface area (Å²) >= 11 is 5.73. The van der Waals surface area contributed by atoms with Gasteiger partial charge < -0.3 is 9.47 Å². The van der Waals surface area contributed by atoms with Crippen molar-refractivity contribution in [2.45, 2.75) is 4.90 Å². The zero-order valence-electron chi connectivity index (χ0n) is 11.4. The number of hydrazine groups is 1. The number of sulfonamides is 1. The molecule has 1 aliphatic heterocycles. The van der Waals surface area contributed by atoms with Crippen LogP contribution in [0.15, 0.2) is 41.4 Å². The average Bonchev–Trinajstić information content (AvgIpc) is 3.00. The minimum atomic E-state index is -4.04. The van der Waals surface area contributed by atoms with Crippen molar-refractivity contribution in [2.24, 2.45) is 0 Å². The van der Waals surface area contributed by atoms with Gasteiger partial charge in [-0.1, -0.05) is 11.6 Å². The molecule has 0 saturated carbocycles. The molecule has 0 radical (unpaired) electrons. The van der Waals surface area contributed by atoms with Crippen molar-refractivity contribution >= 4 is 27.5 Å². The van der Waals surface area contributed by atoms with Gasteiger partial charge in [-0.05, 0) is 30.3 Å². The van der Waals surface area contributed by atoms with Crippen molar-refractivity contribution in [3.63, 3.8) is 0 Å². The number of ether oxygens (including phenoxy) is 2. The van der Waals surface area contributed by atoms with E-state index in [1.54, 1.807) is 6.07 Å². The van der Waals surface area contributed by atoms with Gasteiger partial charge in [0, 0.05) is 11.8 Å². The fraction of sp³-hybridized carbons (Fsp3) is 0.0769. The molecule has 0 fully saturated rings. The van der Waals surface area contributed by atoms with E-state index in [4.69, 9.17) is 21.1 Å². The highest BCUT2D eigenvalue weighted by molar-refractivity contribution is 7.89. The molecule has 2 heterocycles. The van der Waals surface area contributed by atoms with Crippen LogP contribution in [-0.2, 0) is 10.0 Å². The lowest BCUT2D eigenvalue weighted by molar-refractivity contribution is 0.0944. The summed E-state index contributed by atoms with van der Waals surface area (Å²) < 4.78 is 34.4. The zero-order valence-corrected chi connectivity index (χ0v) is 13.0. The topological polar surface area (TPSA) is 107 Å². The van der Waals surface area contributed by atoms with Gasteiger partial charge >= 0.3 is 0 Å². The predicted octanol–water partition coefficient (Wildman–Crippen LogP) is 1.09. The molecule has 2 aromatic rings. The van der Waals surface area contributed by atoms with E-state index < -0.39 is 15.9 Å². The summed E-state index contributed by atoms with van der Waals surface area (Å²) in [7, 11) is -4.04. The minimum Gasteiger partial charge on any atom is -0.454 e. The molecule has 23 heavy (non-hydrogen) atoms. The summed E-state index contributed by atoms with van der Waals surface area (Å²) in [5.41, 5.74) is 2.30. The second-order valence-electron chi connectivity index (χ2n) is 4.42. The molecular formula is C13H10ClN3O5S. The number of pyridine rings is 1. The number of rotatable bonds is 4. The summed E-state index contributed by atoms with van der Waals surface area (Å²) in [6.45, 7) is 0.0759. The third-order valence-corrected chi connectivity index (χ3v) is 4.64. The fourth-order valence-corrected chi connectivity index (χ4v) is 3.14. The Labute approximate surface area is 136 Å². The molecule has 0 atom stereocenters. The number of halogens is 1. The monoisotopic (exact) mass is 355 g/mol. The highest BCUT2D eigenvalue weighted by Crippen LogP contribution is 2.32. The van der Waals surface area contributed by atoms with Crippen molar-refractivity contribution in [1.82, 2.24) is 15.2 Å². The zero-order chi connectivity index (χ0) is 16.4. The van der Waals surface area contributed by atoms with Gasteiger partial charge in [-0.2, -0.15) is 0 Å². The molecule has 0 spiro atoms. The van der Waals surface area contributed by atoms with E-state index >= 15 is 0 Å². The number of nitrogens with one attached hydrogen (secondary N) is 2. The maximum atomic E-state index is 12.1. The third kappa shape index (κ3) is 3.21. The molecule has 1 aliphatic rings. The lowest BCUT2D eigenvalue weighted by atomic mass is 10.2. The number of carbonyl (C=O) groups is 1. The van der Waals surface area contributed by atoms with Crippen LogP contribution in [0, 0.1) is 0 Å². The third-order valence-electron chi connectivity index (χ3n) is 2.95. The number of amides is 1. The van der Waals surface area contributed by atoms with Crippen molar-refractivity contribution in [2.75, 3.05) is 6.79 Å². The first-order valence-corrected chi connectivity index (χ1v) is 8.16. The van der Waals surface area contributed by atoms with Gasteiger partial charge in [0.2, 0.25) is 6.79 Å². The second-order valence-corrected chi connectivity index (χ2v) is 6.43. The number of nitrogens with zero attached hydrogens (tertiary/aromatic N) is 1. The molecule has 1 aromatic carbocycles. The predicted molar refractivity (Wildman–Crippen MR) is 79.6 cm³/mol. The Hall–Kier alpha value is -2.36. The first kappa shape index (κ1) is 15.5. The van der Waals surface area contributed by atoms with Crippen LogP contribution in [0.5, 0.6) is 11.5 Å². The minimum absolute atomic E-state index is 0.0759. The normalized spacial score (nSPS) is 12.9. The van der Waals surface area contributed by atoms with Gasteiger partial charge in [0.15, 0.2) is 11.5 Å². The largest absolute Gasteiger partial charge is 0.454 e. The quantitative estimate of drug-likeness (QED) is 0.628. The van der Waals surface area contributed by atoms with Crippen molar-refractivity contribution in [3.8, 4) is 11.5 Å². The molecule has 120 valence electrons. The van der Waals surface area contributed by atoms with E-state index in [1.165, 1.54) is 30.5 Å². The van der Waals surface area contributed by atoms with E-state index in [2.05, 4.69) is 10.4 Å². The number of aromatic nitrogens is 1. The molecule has 3 rings (SSSR count). The number of hydrogen-bond acceptors (Lipinski definition) is 6. The van der Waals surface area contributed by atoms with E-state index in [-0.39, 0.29) is 22.4 Å². The highest BCUT2D eigenvalue weighted by atomic mass is 35.5. The molecule has 2 N–H and O–H groups in total. The Morgan fingerprint density at radius 1 is 1.22 bits per heavy atom. The molecule has 0 saturated heterocycles. The maximum Gasteiger partial charge on any atom is 0.266 e. The summed E-state index contributed by atoms with van der Waals surface area (Å²) in [6.07, 6.45) is 1.35. The van der Waals surface area contributed by atoms with E-state index in [0.29, 0.717) is 11.5 Å². The van der Waals surface area contributed by atoms with Crippen molar-refractivity contribution < 1.29 is 22.7 Å². The summed E-state index contributed by atoms with van der Waals surface area (Å²) in [5.74, 6) is 0.270. The van der Waals surface area contributed by atoms with Crippen LogP contribution in [0.4, 0.5) is 0 Å². The van der Waals surface area contributed by atoms with Gasteiger partial charge in [0.05, 0.1) is 0 Å². The summed E-state index contributed by atoms with van der Waals surface area (Å²) in [4.78, 5) is 17.4. The lowest BCUT2D eigenvalue weighted by Crippen LogP contribution is -2.41. The SMILES string of the molecule is O=C(NNS(=O)(=O)c1cccnc1Cl)c1ccc2c(c1)OCO2. The van der Waals surface area contributed by atoms with Crippen LogP contribution < -0.4 is 19.7 Å². The Bertz CT molecular complexity index is 872. The molecule has 0 aliphatic carbocycles.